The van der Waals surface area contributed by atoms with E-state index < -0.39 is 0 Å². The standard InChI is InChI=1S/C20H22N4O2S2/c1-2-26-19(25)13-15-14-24-17(22-15)9-6-10-18(24)28-12-11-23(20(21)27)16-7-4-3-5-8-16/h3-10,14H,2,11-13H2,1H3,(H2,21,27). The number of thioether (sulfide) groups is 1. The van der Waals surface area contributed by atoms with E-state index in [-0.39, 0.29) is 12.4 Å². The van der Waals surface area contributed by atoms with E-state index in [0.717, 1.165) is 22.1 Å². The van der Waals surface area contributed by atoms with Crippen molar-refractivity contribution >= 4 is 46.4 Å². The van der Waals surface area contributed by atoms with E-state index in [2.05, 4.69) is 4.98 Å². The summed E-state index contributed by atoms with van der Waals surface area (Å²) in [6, 6.07) is 15.8. The van der Waals surface area contributed by atoms with Crippen LogP contribution in [0.4, 0.5) is 5.69 Å². The number of fused-ring (bicyclic) bond motifs is 1. The van der Waals surface area contributed by atoms with Gasteiger partial charge in [-0.2, -0.15) is 0 Å². The molecule has 0 atom stereocenters. The van der Waals surface area contributed by atoms with Crippen LogP contribution in [0, 0.1) is 0 Å². The van der Waals surface area contributed by atoms with Crippen LogP contribution < -0.4 is 10.6 Å². The summed E-state index contributed by atoms with van der Waals surface area (Å²) in [5.41, 5.74) is 8.38. The maximum Gasteiger partial charge on any atom is 0.311 e. The Labute approximate surface area is 173 Å². The first-order valence-corrected chi connectivity index (χ1v) is 10.4. The zero-order valence-corrected chi connectivity index (χ0v) is 17.2. The third-order valence-corrected chi connectivity index (χ3v) is 5.27. The molecule has 2 heterocycles. The molecule has 0 aliphatic carbocycles. The number of ether oxygens (including phenoxy) is 1. The quantitative estimate of drug-likeness (QED) is 0.344. The molecule has 6 nitrogen and oxygen atoms in total. The molecule has 0 aliphatic rings. The van der Waals surface area contributed by atoms with Crippen molar-refractivity contribution in [2.75, 3.05) is 23.8 Å². The Morgan fingerprint density at radius 1 is 1.25 bits per heavy atom. The summed E-state index contributed by atoms with van der Waals surface area (Å²) >= 11 is 6.89. The minimum Gasteiger partial charge on any atom is -0.466 e. The van der Waals surface area contributed by atoms with Gasteiger partial charge in [0.25, 0.3) is 0 Å². The number of hydrogen-bond donors (Lipinski definition) is 1. The number of pyridine rings is 1. The molecule has 0 saturated heterocycles. The monoisotopic (exact) mass is 414 g/mol. The van der Waals surface area contributed by atoms with Gasteiger partial charge in [-0.05, 0) is 43.4 Å². The van der Waals surface area contributed by atoms with Gasteiger partial charge in [0.15, 0.2) is 5.11 Å². The Morgan fingerprint density at radius 2 is 2.04 bits per heavy atom. The van der Waals surface area contributed by atoms with E-state index in [1.807, 2.05) is 64.0 Å². The van der Waals surface area contributed by atoms with Crippen molar-refractivity contribution in [3.63, 3.8) is 0 Å². The van der Waals surface area contributed by atoms with Gasteiger partial charge in [-0.25, -0.2) is 4.98 Å². The van der Waals surface area contributed by atoms with Crippen molar-refractivity contribution in [3.05, 3.63) is 60.4 Å². The number of carbonyl (C=O) groups excluding carboxylic acids is 1. The molecule has 146 valence electrons. The second kappa shape index (κ2) is 9.57. The number of nitrogens with zero attached hydrogens (tertiary/aromatic N) is 3. The highest BCUT2D eigenvalue weighted by Crippen LogP contribution is 2.22. The van der Waals surface area contributed by atoms with Crippen LogP contribution in [0.15, 0.2) is 59.8 Å². The highest BCUT2D eigenvalue weighted by Gasteiger charge is 2.12. The van der Waals surface area contributed by atoms with Crippen LogP contribution in [0.5, 0.6) is 0 Å². The Balaban J connectivity index is 1.69. The molecule has 28 heavy (non-hydrogen) atoms. The second-order valence-corrected chi connectivity index (χ2v) is 7.51. The third-order valence-electron chi connectivity index (χ3n) is 4.03. The van der Waals surface area contributed by atoms with Crippen LogP contribution in [0.25, 0.3) is 5.65 Å². The Hall–Kier alpha value is -2.58. The molecule has 2 N–H and O–H groups in total. The zero-order chi connectivity index (χ0) is 19.9. The molecule has 8 heteroatoms. The first-order valence-electron chi connectivity index (χ1n) is 8.96. The number of benzene rings is 1. The van der Waals surface area contributed by atoms with E-state index >= 15 is 0 Å². The molecule has 0 aliphatic heterocycles. The van der Waals surface area contributed by atoms with E-state index in [9.17, 15) is 4.79 Å². The molecule has 0 fully saturated rings. The van der Waals surface area contributed by atoms with Crippen molar-refractivity contribution < 1.29 is 9.53 Å². The maximum absolute atomic E-state index is 11.7. The predicted molar refractivity (Wildman–Crippen MR) is 117 cm³/mol. The third kappa shape index (κ3) is 5.02. The van der Waals surface area contributed by atoms with Gasteiger partial charge in [-0.15, -0.1) is 11.8 Å². The minimum absolute atomic E-state index is 0.169. The van der Waals surface area contributed by atoms with Crippen LogP contribution >= 0.6 is 24.0 Å². The lowest BCUT2D eigenvalue weighted by Gasteiger charge is -2.22. The van der Waals surface area contributed by atoms with E-state index in [1.165, 1.54) is 0 Å². The van der Waals surface area contributed by atoms with Crippen molar-refractivity contribution in [2.45, 2.75) is 18.4 Å². The van der Waals surface area contributed by atoms with Gasteiger partial charge in [-0.1, -0.05) is 24.3 Å². The number of hydrogen-bond acceptors (Lipinski definition) is 5. The van der Waals surface area contributed by atoms with Crippen LogP contribution in [-0.2, 0) is 16.0 Å². The molecule has 0 bridgehead atoms. The van der Waals surface area contributed by atoms with Gasteiger partial charge >= 0.3 is 5.97 Å². The SMILES string of the molecule is CCOC(=O)Cc1cn2c(SCCN(C(N)=S)c3ccccc3)cccc2n1. The number of esters is 1. The van der Waals surface area contributed by atoms with Gasteiger partial charge in [0.05, 0.1) is 23.7 Å². The molecule has 3 aromatic rings. The van der Waals surface area contributed by atoms with Gasteiger partial charge in [0.2, 0.25) is 0 Å². The van der Waals surface area contributed by atoms with Crippen LogP contribution in [0.3, 0.4) is 0 Å². The molecule has 1 aromatic carbocycles. The summed E-state index contributed by atoms with van der Waals surface area (Å²) in [5.74, 6) is 0.520. The topological polar surface area (TPSA) is 72.9 Å². The molecular formula is C20H22N4O2S2. The summed E-state index contributed by atoms with van der Waals surface area (Å²) in [7, 11) is 0. The van der Waals surface area contributed by atoms with E-state index in [0.29, 0.717) is 24.0 Å². The van der Waals surface area contributed by atoms with E-state index in [1.54, 1.807) is 18.7 Å². The van der Waals surface area contributed by atoms with Crippen LogP contribution in [0.1, 0.15) is 12.6 Å². The maximum atomic E-state index is 11.7. The summed E-state index contributed by atoms with van der Waals surface area (Å²) in [6.45, 7) is 2.85. The number of aromatic nitrogens is 2. The van der Waals surface area contributed by atoms with Crippen molar-refractivity contribution in [1.82, 2.24) is 9.38 Å². The van der Waals surface area contributed by atoms with Gasteiger partial charge in [-0.3, -0.25) is 9.20 Å². The molecule has 0 spiro atoms. The van der Waals surface area contributed by atoms with Crippen molar-refractivity contribution in [2.24, 2.45) is 5.73 Å². The number of imidazole rings is 1. The zero-order valence-electron chi connectivity index (χ0n) is 15.6. The fraction of sp³-hybridized carbons (Fsp3) is 0.250. The number of rotatable bonds is 8. The normalized spacial score (nSPS) is 10.8. The Bertz CT molecular complexity index is 959. The number of nitrogens with two attached hydrogens (primary N) is 1. The average molecular weight is 415 g/mol. The number of carbonyl (C=O) groups is 1. The Morgan fingerprint density at radius 3 is 2.75 bits per heavy atom. The first kappa shape index (κ1) is 20.2. The number of thiocarbonyl (C=S) groups is 1. The smallest absolute Gasteiger partial charge is 0.311 e. The fourth-order valence-electron chi connectivity index (χ4n) is 2.81. The van der Waals surface area contributed by atoms with E-state index in [4.69, 9.17) is 22.7 Å². The number of anilines is 1. The molecule has 0 unspecified atom stereocenters. The number of para-hydroxylation sites is 1. The summed E-state index contributed by atoms with van der Waals surface area (Å²) in [5, 5.41) is 1.39. The molecule has 3 rings (SSSR count). The summed E-state index contributed by atoms with van der Waals surface area (Å²) in [4.78, 5) is 18.1. The highest BCUT2D eigenvalue weighted by atomic mass is 32.2. The molecule has 0 saturated carbocycles. The van der Waals surface area contributed by atoms with Gasteiger partial charge in [0.1, 0.15) is 5.65 Å². The lowest BCUT2D eigenvalue weighted by Crippen LogP contribution is -2.37. The lowest BCUT2D eigenvalue weighted by atomic mass is 10.3. The minimum atomic E-state index is -0.268. The summed E-state index contributed by atoms with van der Waals surface area (Å²) in [6.07, 6.45) is 2.06. The van der Waals surface area contributed by atoms with Crippen LogP contribution in [-0.4, -0.2) is 39.4 Å². The highest BCUT2D eigenvalue weighted by molar-refractivity contribution is 7.99. The first-order chi connectivity index (χ1) is 13.6. The summed E-state index contributed by atoms with van der Waals surface area (Å²) < 4.78 is 7.00. The Kier molecular flexibility index (Phi) is 6.89. The predicted octanol–water partition coefficient (Wildman–Crippen LogP) is 3.28. The average Bonchev–Trinajstić information content (AvgIpc) is 3.08. The molecule has 2 aromatic heterocycles. The van der Waals surface area contributed by atoms with Crippen molar-refractivity contribution in [3.8, 4) is 0 Å². The van der Waals surface area contributed by atoms with Gasteiger partial charge in [0, 0.05) is 24.2 Å². The molecular weight excluding hydrogens is 392 g/mol. The molecule has 0 radical (unpaired) electrons. The van der Waals surface area contributed by atoms with Crippen LogP contribution in [0.2, 0.25) is 0 Å². The largest absolute Gasteiger partial charge is 0.466 e. The van der Waals surface area contributed by atoms with Crippen molar-refractivity contribution in [1.29, 1.82) is 0 Å². The lowest BCUT2D eigenvalue weighted by molar-refractivity contribution is -0.142. The molecule has 0 amide bonds. The van der Waals surface area contributed by atoms with Gasteiger partial charge < -0.3 is 15.4 Å². The second-order valence-electron chi connectivity index (χ2n) is 5.98. The fourth-order valence-corrected chi connectivity index (χ4v) is 3.95.